The third-order valence-electron chi connectivity index (χ3n) is 3.32. The summed E-state index contributed by atoms with van der Waals surface area (Å²) in [7, 11) is 0. The van der Waals surface area contributed by atoms with E-state index in [4.69, 9.17) is 0 Å². The number of carbonyl (C=O) groups is 2. The molecule has 21 heavy (non-hydrogen) atoms. The molecule has 116 valence electrons. The quantitative estimate of drug-likeness (QED) is 0.687. The van der Waals surface area contributed by atoms with Gasteiger partial charge in [-0.05, 0) is 25.5 Å². The summed E-state index contributed by atoms with van der Waals surface area (Å²) < 4.78 is 0. The Kier molecular flexibility index (Phi) is 8.17. The van der Waals surface area contributed by atoms with Crippen molar-refractivity contribution in [2.24, 2.45) is 0 Å². The summed E-state index contributed by atoms with van der Waals surface area (Å²) in [4.78, 5) is 23.5. The van der Waals surface area contributed by atoms with E-state index in [-0.39, 0.29) is 17.9 Å². The minimum absolute atomic E-state index is 0.00707. The maximum Gasteiger partial charge on any atom is 0.251 e. The van der Waals surface area contributed by atoms with E-state index in [9.17, 15) is 9.59 Å². The zero-order chi connectivity index (χ0) is 15.5. The first-order valence-corrected chi connectivity index (χ1v) is 7.76. The van der Waals surface area contributed by atoms with Crippen LogP contribution >= 0.6 is 0 Å². The molecule has 1 atom stereocenters. The van der Waals surface area contributed by atoms with Crippen molar-refractivity contribution >= 4 is 11.8 Å². The van der Waals surface area contributed by atoms with Crippen LogP contribution in [0, 0.1) is 0 Å². The van der Waals surface area contributed by atoms with Crippen LogP contribution in [0.2, 0.25) is 0 Å². The molecule has 2 amide bonds. The average Bonchev–Trinajstić information content (AvgIpc) is 2.48. The molecular formula is C17H26N2O2. The van der Waals surface area contributed by atoms with Gasteiger partial charge in [0, 0.05) is 24.6 Å². The predicted molar refractivity (Wildman–Crippen MR) is 85.1 cm³/mol. The second-order valence-electron chi connectivity index (χ2n) is 5.34. The number of hydrogen-bond donors (Lipinski definition) is 2. The lowest BCUT2D eigenvalue weighted by Gasteiger charge is -2.13. The van der Waals surface area contributed by atoms with Gasteiger partial charge in [0.2, 0.25) is 5.91 Å². The maximum atomic E-state index is 11.8. The summed E-state index contributed by atoms with van der Waals surface area (Å²) in [6, 6.07) is 9.22. The van der Waals surface area contributed by atoms with Crippen molar-refractivity contribution < 1.29 is 9.59 Å². The van der Waals surface area contributed by atoms with E-state index >= 15 is 0 Å². The number of hydrogen-bond acceptors (Lipinski definition) is 2. The molecule has 0 aliphatic rings. The van der Waals surface area contributed by atoms with Crippen LogP contribution in [0.4, 0.5) is 0 Å². The standard InChI is InChI=1S/C17H26N2O2/c1-3-4-6-9-14(2)19-16(20)12-13-18-17(21)15-10-7-5-8-11-15/h5,7-8,10-11,14H,3-4,6,9,12-13H2,1-2H3,(H,18,21)(H,19,20). The molecule has 4 nitrogen and oxygen atoms in total. The van der Waals surface area contributed by atoms with Crippen LogP contribution in [0.5, 0.6) is 0 Å². The molecule has 0 spiro atoms. The molecule has 0 bridgehead atoms. The van der Waals surface area contributed by atoms with Crippen molar-refractivity contribution in [2.75, 3.05) is 6.54 Å². The molecular weight excluding hydrogens is 264 g/mol. The molecule has 0 aliphatic carbocycles. The van der Waals surface area contributed by atoms with E-state index in [1.807, 2.05) is 25.1 Å². The van der Waals surface area contributed by atoms with E-state index in [0.717, 1.165) is 12.8 Å². The lowest BCUT2D eigenvalue weighted by atomic mass is 10.1. The van der Waals surface area contributed by atoms with E-state index in [1.54, 1.807) is 12.1 Å². The monoisotopic (exact) mass is 290 g/mol. The van der Waals surface area contributed by atoms with Gasteiger partial charge in [-0.3, -0.25) is 9.59 Å². The Labute approximate surface area is 127 Å². The van der Waals surface area contributed by atoms with Gasteiger partial charge in [-0.15, -0.1) is 0 Å². The smallest absolute Gasteiger partial charge is 0.251 e. The zero-order valence-electron chi connectivity index (χ0n) is 13.0. The largest absolute Gasteiger partial charge is 0.354 e. The SMILES string of the molecule is CCCCCC(C)NC(=O)CCNC(=O)c1ccccc1. The van der Waals surface area contributed by atoms with Gasteiger partial charge in [0.05, 0.1) is 0 Å². The summed E-state index contributed by atoms with van der Waals surface area (Å²) >= 11 is 0. The molecule has 1 aromatic carbocycles. The molecule has 2 N–H and O–H groups in total. The van der Waals surface area contributed by atoms with Gasteiger partial charge >= 0.3 is 0 Å². The third kappa shape index (κ3) is 7.49. The van der Waals surface area contributed by atoms with Crippen molar-refractivity contribution in [3.8, 4) is 0 Å². The Morgan fingerprint density at radius 2 is 1.86 bits per heavy atom. The highest BCUT2D eigenvalue weighted by Crippen LogP contribution is 2.03. The summed E-state index contributed by atoms with van der Waals surface area (Å²) in [6.07, 6.45) is 4.86. The van der Waals surface area contributed by atoms with Gasteiger partial charge in [-0.25, -0.2) is 0 Å². The van der Waals surface area contributed by atoms with Crippen LogP contribution in [0.3, 0.4) is 0 Å². The van der Waals surface area contributed by atoms with Gasteiger partial charge in [0.15, 0.2) is 0 Å². The lowest BCUT2D eigenvalue weighted by Crippen LogP contribution is -2.35. The highest BCUT2D eigenvalue weighted by Gasteiger charge is 2.08. The molecule has 1 aromatic rings. The topological polar surface area (TPSA) is 58.2 Å². The molecule has 0 fully saturated rings. The van der Waals surface area contributed by atoms with Crippen molar-refractivity contribution in [2.45, 2.75) is 52.0 Å². The van der Waals surface area contributed by atoms with Crippen molar-refractivity contribution in [3.05, 3.63) is 35.9 Å². The first kappa shape index (κ1) is 17.2. The number of carbonyl (C=O) groups excluding carboxylic acids is 2. The Balaban J connectivity index is 2.17. The predicted octanol–water partition coefficient (Wildman–Crippen LogP) is 2.89. The summed E-state index contributed by atoms with van der Waals surface area (Å²) in [5.41, 5.74) is 0.617. The fraction of sp³-hybridized carbons (Fsp3) is 0.529. The Morgan fingerprint density at radius 3 is 2.52 bits per heavy atom. The average molecular weight is 290 g/mol. The first-order valence-electron chi connectivity index (χ1n) is 7.76. The van der Waals surface area contributed by atoms with Crippen LogP contribution in [0.25, 0.3) is 0 Å². The van der Waals surface area contributed by atoms with Crippen molar-refractivity contribution in [1.29, 1.82) is 0 Å². The molecule has 0 saturated heterocycles. The minimum atomic E-state index is -0.139. The Morgan fingerprint density at radius 1 is 1.14 bits per heavy atom. The molecule has 1 rings (SSSR count). The highest BCUT2D eigenvalue weighted by atomic mass is 16.2. The minimum Gasteiger partial charge on any atom is -0.354 e. The number of benzene rings is 1. The second kappa shape index (κ2) is 9.97. The van der Waals surface area contributed by atoms with Crippen LogP contribution in [0.15, 0.2) is 30.3 Å². The molecule has 0 aromatic heterocycles. The third-order valence-corrected chi connectivity index (χ3v) is 3.32. The molecule has 1 unspecified atom stereocenters. The van der Waals surface area contributed by atoms with E-state index < -0.39 is 0 Å². The number of unbranched alkanes of at least 4 members (excludes halogenated alkanes) is 2. The Bertz CT molecular complexity index is 432. The van der Waals surface area contributed by atoms with E-state index in [0.29, 0.717) is 18.5 Å². The zero-order valence-corrected chi connectivity index (χ0v) is 13.0. The number of nitrogens with one attached hydrogen (secondary N) is 2. The summed E-state index contributed by atoms with van der Waals surface area (Å²) in [5, 5.41) is 5.72. The van der Waals surface area contributed by atoms with Gasteiger partial charge in [-0.2, -0.15) is 0 Å². The van der Waals surface area contributed by atoms with Crippen molar-refractivity contribution in [1.82, 2.24) is 10.6 Å². The fourth-order valence-electron chi connectivity index (χ4n) is 2.10. The van der Waals surface area contributed by atoms with Crippen LogP contribution in [-0.4, -0.2) is 24.4 Å². The van der Waals surface area contributed by atoms with E-state index in [1.165, 1.54) is 12.8 Å². The van der Waals surface area contributed by atoms with Crippen molar-refractivity contribution in [3.63, 3.8) is 0 Å². The fourth-order valence-corrected chi connectivity index (χ4v) is 2.10. The molecule has 0 saturated carbocycles. The van der Waals surface area contributed by atoms with Gasteiger partial charge in [0.25, 0.3) is 5.91 Å². The maximum absolute atomic E-state index is 11.8. The van der Waals surface area contributed by atoms with Gasteiger partial charge < -0.3 is 10.6 Å². The lowest BCUT2D eigenvalue weighted by molar-refractivity contribution is -0.121. The second-order valence-corrected chi connectivity index (χ2v) is 5.34. The van der Waals surface area contributed by atoms with Gasteiger partial charge in [-0.1, -0.05) is 44.4 Å². The summed E-state index contributed by atoms with van der Waals surface area (Å²) in [5.74, 6) is -0.147. The number of rotatable bonds is 9. The molecule has 0 radical (unpaired) electrons. The normalized spacial score (nSPS) is 11.7. The first-order chi connectivity index (χ1) is 10.1. The molecule has 0 aliphatic heterocycles. The van der Waals surface area contributed by atoms with Crippen LogP contribution in [-0.2, 0) is 4.79 Å². The Hall–Kier alpha value is -1.84. The van der Waals surface area contributed by atoms with Crippen LogP contribution < -0.4 is 10.6 Å². The van der Waals surface area contributed by atoms with Gasteiger partial charge in [0.1, 0.15) is 0 Å². The summed E-state index contributed by atoms with van der Waals surface area (Å²) in [6.45, 7) is 4.55. The number of amides is 2. The van der Waals surface area contributed by atoms with E-state index in [2.05, 4.69) is 17.6 Å². The highest BCUT2D eigenvalue weighted by molar-refractivity contribution is 5.94. The van der Waals surface area contributed by atoms with Crippen LogP contribution in [0.1, 0.15) is 56.3 Å². The molecule has 4 heteroatoms. The molecule has 0 heterocycles.